The van der Waals surface area contributed by atoms with Gasteiger partial charge in [0.05, 0.1) is 6.07 Å². The highest BCUT2D eigenvalue weighted by Crippen LogP contribution is 2.57. The van der Waals surface area contributed by atoms with Crippen LogP contribution < -0.4 is 0 Å². The standard InChI is InChI=1S/C7H8F6NO4P/c1-5(2-14)16-19(15,17-6(10,11)3-8)18-7(12,13)4-9/h5H,3-4H2,1H3. The summed E-state index contributed by atoms with van der Waals surface area (Å²) in [5, 5.41) is 8.28. The fourth-order valence-corrected chi connectivity index (χ4v) is 1.96. The Balaban J connectivity index is 5.15. The highest BCUT2D eigenvalue weighted by molar-refractivity contribution is 7.48. The predicted octanol–water partition coefficient (Wildman–Crippen LogP) is 3.18. The van der Waals surface area contributed by atoms with Crippen molar-refractivity contribution in [3.63, 3.8) is 0 Å². The Labute approximate surface area is 103 Å². The molecule has 0 radical (unpaired) electrons. The lowest BCUT2D eigenvalue weighted by Crippen LogP contribution is -2.29. The van der Waals surface area contributed by atoms with Crippen molar-refractivity contribution < 1.29 is 44.5 Å². The summed E-state index contributed by atoms with van der Waals surface area (Å²) in [4.78, 5) is 0. The molecular weight excluding hydrogens is 307 g/mol. The van der Waals surface area contributed by atoms with Crippen molar-refractivity contribution in [3.8, 4) is 6.07 Å². The molecule has 0 spiro atoms. The van der Waals surface area contributed by atoms with E-state index in [-0.39, 0.29) is 0 Å². The lowest BCUT2D eigenvalue weighted by Gasteiger charge is -2.24. The van der Waals surface area contributed by atoms with Crippen LogP contribution in [-0.4, -0.2) is 31.7 Å². The van der Waals surface area contributed by atoms with Crippen LogP contribution in [0.3, 0.4) is 0 Å². The largest absolute Gasteiger partial charge is 0.485 e. The first-order valence-electron chi connectivity index (χ1n) is 4.46. The van der Waals surface area contributed by atoms with Crippen LogP contribution >= 0.6 is 7.82 Å². The Hall–Kier alpha value is -0.820. The second kappa shape index (κ2) is 6.56. The van der Waals surface area contributed by atoms with Gasteiger partial charge in [-0.15, -0.1) is 0 Å². The number of alkyl halides is 6. The van der Waals surface area contributed by atoms with Crippen LogP contribution in [-0.2, 0) is 18.1 Å². The van der Waals surface area contributed by atoms with Gasteiger partial charge in [-0.25, -0.2) is 22.4 Å². The van der Waals surface area contributed by atoms with Gasteiger partial charge in [0, 0.05) is 0 Å². The van der Waals surface area contributed by atoms with Gasteiger partial charge in [-0.3, -0.25) is 4.52 Å². The van der Waals surface area contributed by atoms with E-state index < -0.39 is 39.5 Å². The smallest absolute Gasteiger partial charge is 0.268 e. The van der Waals surface area contributed by atoms with Gasteiger partial charge in [0.2, 0.25) is 0 Å². The minimum Gasteiger partial charge on any atom is -0.268 e. The summed E-state index contributed by atoms with van der Waals surface area (Å²) in [5.41, 5.74) is 0. The summed E-state index contributed by atoms with van der Waals surface area (Å²) >= 11 is 0. The van der Waals surface area contributed by atoms with Gasteiger partial charge in [0.15, 0.2) is 19.5 Å². The summed E-state index contributed by atoms with van der Waals surface area (Å²) in [6.45, 7) is -4.21. The quantitative estimate of drug-likeness (QED) is 0.508. The van der Waals surface area contributed by atoms with Crippen molar-refractivity contribution in [3.05, 3.63) is 0 Å². The summed E-state index contributed by atoms with van der Waals surface area (Å²) in [7, 11) is -5.77. The summed E-state index contributed by atoms with van der Waals surface area (Å²) in [6, 6.07) is 1.20. The molecule has 0 bridgehead atoms. The Kier molecular flexibility index (Phi) is 6.28. The zero-order chi connectivity index (χ0) is 15.3. The number of halogens is 6. The molecule has 0 aromatic carbocycles. The minimum absolute atomic E-state index is 0.834. The first-order chi connectivity index (χ1) is 8.49. The molecule has 0 aliphatic rings. The number of phosphoric acid groups is 1. The molecule has 0 amide bonds. The lowest BCUT2D eigenvalue weighted by molar-refractivity contribution is -0.236. The van der Waals surface area contributed by atoms with Crippen LogP contribution in [0.2, 0.25) is 0 Å². The molecule has 1 atom stereocenters. The molecule has 12 heteroatoms. The van der Waals surface area contributed by atoms with E-state index in [9.17, 15) is 30.9 Å². The molecule has 1 unspecified atom stereocenters. The number of phosphoric ester groups is 1. The zero-order valence-electron chi connectivity index (χ0n) is 9.29. The molecular formula is C7H8F6NO4P. The highest BCUT2D eigenvalue weighted by Gasteiger charge is 2.50. The Morgan fingerprint density at radius 1 is 1.16 bits per heavy atom. The third kappa shape index (κ3) is 6.77. The number of nitriles is 1. The molecule has 0 heterocycles. The monoisotopic (exact) mass is 315 g/mol. The van der Waals surface area contributed by atoms with Gasteiger partial charge < -0.3 is 0 Å². The van der Waals surface area contributed by atoms with E-state index >= 15 is 0 Å². The van der Waals surface area contributed by atoms with Gasteiger partial charge >= 0.3 is 20.0 Å². The van der Waals surface area contributed by atoms with E-state index in [1.54, 1.807) is 0 Å². The van der Waals surface area contributed by atoms with Gasteiger partial charge in [-0.05, 0) is 6.92 Å². The van der Waals surface area contributed by atoms with Crippen molar-refractivity contribution >= 4 is 7.82 Å². The molecule has 0 aromatic rings. The first-order valence-corrected chi connectivity index (χ1v) is 5.92. The Bertz CT molecular complexity index is 364. The van der Waals surface area contributed by atoms with Crippen LogP contribution in [0.5, 0.6) is 0 Å². The van der Waals surface area contributed by atoms with Gasteiger partial charge in [0.1, 0.15) is 0 Å². The normalized spacial score (nSPS) is 15.1. The molecule has 5 nitrogen and oxygen atoms in total. The van der Waals surface area contributed by atoms with Crippen LogP contribution in [0.15, 0.2) is 0 Å². The molecule has 0 N–H and O–H groups in total. The average Bonchev–Trinajstić information content (AvgIpc) is 2.26. The summed E-state index contributed by atoms with van der Waals surface area (Å²) < 4.78 is 95.4. The van der Waals surface area contributed by atoms with Crippen LogP contribution in [0.25, 0.3) is 0 Å². The van der Waals surface area contributed by atoms with Crippen LogP contribution in [0.4, 0.5) is 26.3 Å². The maximum Gasteiger partial charge on any atom is 0.485 e. The molecule has 0 aliphatic heterocycles. The zero-order valence-corrected chi connectivity index (χ0v) is 10.2. The summed E-state index contributed by atoms with van der Waals surface area (Å²) in [6.07, 6.45) is -11.3. The number of hydrogen-bond donors (Lipinski definition) is 0. The molecule has 0 saturated heterocycles. The van der Waals surface area contributed by atoms with Crippen molar-refractivity contribution in [2.24, 2.45) is 0 Å². The maximum absolute atomic E-state index is 12.5. The van der Waals surface area contributed by atoms with E-state index in [2.05, 4.69) is 13.6 Å². The first kappa shape index (κ1) is 18.2. The lowest BCUT2D eigenvalue weighted by atomic mass is 10.5. The SMILES string of the molecule is CC(C#N)OP(=O)(OC(F)(F)CF)OC(F)(F)CF. The fourth-order valence-electron chi connectivity index (χ4n) is 0.655. The predicted molar refractivity (Wildman–Crippen MR) is 47.8 cm³/mol. The minimum atomic E-state index is -5.77. The highest BCUT2D eigenvalue weighted by atomic mass is 31.2. The molecule has 0 aliphatic carbocycles. The summed E-state index contributed by atoms with van der Waals surface area (Å²) in [5.74, 6) is 0. The van der Waals surface area contributed by atoms with E-state index in [0.29, 0.717) is 0 Å². The molecule has 112 valence electrons. The van der Waals surface area contributed by atoms with Crippen LogP contribution in [0, 0.1) is 11.3 Å². The molecule has 0 aromatic heterocycles. The Morgan fingerprint density at radius 3 is 1.79 bits per heavy atom. The average molecular weight is 315 g/mol. The topological polar surface area (TPSA) is 68.5 Å². The van der Waals surface area contributed by atoms with Crippen molar-refractivity contribution in [1.29, 1.82) is 5.26 Å². The van der Waals surface area contributed by atoms with Crippen molar-refractivity contribution in [2.45, 2.75) is 25.2 Å². The second-order valence-electron chi connectivity index (χ2n) is 3.05. The van der Waals surface area contributed by atoms with E-state index in [1.807, 2.05) is 0 Å². The molecule has 19 heavy (non-hydrogen) atoms. The third-order valence-corrected chi connectivity index (χ3v) is 2.83. The van der Waals surface area contributed by atoms with E-state index in [4.69, 9.17) is 5.26 Å². The van der Waals surface area contributed by atoms with E-state index in [0.717, 1.165) is 6.92 Å². The van der Waals surface area contributed by atoms with Gasteiger partial charge in [-0.1, -0.05) is 0 Å². The van der Waals surface area contributed by atoms with Crippen LogP contribution in [0.1, 0.15) is 6.92 Å². The third-order valence-electron chi connectivity index (χ3n) is 1.27. The number of rotatable bonds is 8. The number of nitrogens with zero attached hydrogens (tertiary/aromatic N) is 1. The molecule has 0 rings (SSSR count). The van der Waals surface area contributed by atoms with Crippen molar-refractivity contribution in [1.82, 2.24) is 0 Å². The van der Waals surface area contributed by atoms with Gasteiger partial charge in [-0.2, -0.15) is 22.8 Å². The van der Waals surface area contributed by atoms with Gasteiger partial charge in [0.25, 0.3) is 0 Å². The molecule has 0 saturated carbocycles. The Morgan fingerprint density at radius 2 is 1.53 bits per heavy atom. The van der Waals surface area contributed by atoms with Crippen molar-refractivity contribution in [2.75, 3.05) is 13.3 Å². The fraction of sp³-hybridized carbons (Fsp3) is 0.857. The maximum atomic E-state index is 12.5. The number of hydrogen-bond acceptors (Lipinski definition) is 5. The second-order valence-corrected chi connectivity index (χ2v) is 4.52. The molecule has 0 fully saturated rings. The van der Waals surface area contributed by atoms with E-state index in [1.165, 1.54) is 6.07 Å².